The van der Waals surface area contributed by atoms with E-state index >= 15 is 0 Å². The van der Waals surface area contributed by atoms with Crippen LogP contribution in [0.4, 0.5) is 0 Å². The third-order valence-corrected chi connectivity index (χ3v) is 3.45. The molecular weight excluding hydrogens is 397 g/mol. The van der Waals surface area contributed by atoms with Crippen molar-refractivity contribution in [1.82, 2.24) is 14.8 Å². The Morgan fingerprint density at radius 1 is 0.923 bits per heavy atom. The van der Waals surface area contributed by atoms with Gasteiger partial charge in [0.1, 0.15) is 17.2 Å². The zero-order valence-electron chi connectivity index (χ0n) is 15.7. The number of methoxy groups -OCH3 is 1. The van der Waals surface area contributed by atoms with E-state index < -0.39 is 0 Å². The highest BCUT2D eigenvalue weighted by Gasteiger charge is 2.15. The Hall–Kier alpha value is -1.24. The van der Waals surface area contributed by atoms with Crippen molar-refractivity contribution in [2.45, 2.75) is 13.1 Å². The van der Waals surface area contributed by atoms with Crippen LogP contribution in [-0.4, -0.2) is 55.2 Å². The summed E-state index contributed by atoms with van der Waals surface area (Å²) in [6.45, 7) is 1.39. The average molecular weight is 425 g/mol. The lowest BCUT2D eigenvalue weighted by Crippen LogP contribution is -2.15. The summed E-state index contributed by atoms with van der Waals surface area (Å²) in [6, 6.07) is 9.56. The van der Waals surface area contributed by atoms with Gasteiger partial charge in [0.25, 0.3) is 0 Å². The highest BCUT2D eigenvalue weighted by Crippen LogP contribution is 2.32. The first kappa shape index (κ1) is 27.0. The summed E-state index contributed by atoms with van der Waals surface area (Å²) in [4.78, 5) is 8.76. The van der Waals surface area contributed by atoms with Crippen LogP contribution in [0.25, 0.3) is 11.3 Å². The van der Waals surface area contributed by atoms with Crippen molar-refractivity contribution in [1.29, 1.82) is 0 Å². The lowest BCUT2D eigenvalue weighted by atomic mass is 10.1. The third-order valence-electron chi connectivity index (χ3n) is 3.45. The molecule has 0 atom stereocenters. The molecule has 0 aliphatic rings. The van der Waals surface area contributed by atoms with E-state index in [1.54, 1.807) is 7.11 Å². The minimum atomic E-state index is 0. The van der Waals surface area contributed by atoms with Crippen molar-refractivity contribution < 1.29 is 9.84 Å². The summed E-state index contributed by atoms with van der Waals surface area (Å²) in [5, 5.41) is 10.6. The van der Waals surface area contributed by atoms with Crippen LogP contribution in [0.1, 0.15) is 11.3 Å². The largest absolute Gasteiger partial charge is 0.505 e. The van der Waals surface area contributed by atoms with Gasteiger partial charge in [-0.2, -0.15) is 0 Å². The Balaban J connectivity index is 0. The standard InChI is InChI=1S/C18H25N3O2.3ClH/c1-20(2)11-14-10-15(12-21(3)4)19-17(18(14)22)13-6-8-16(23-5)9-7-13;;;/h6-10,22H,11-12H2,1-5H3;3*1H. The van der Waals surface area contributed by atoms with E-state index in [2.05, 4.69) is 9.88 Å². The van der Waals surface area contributed by atoms with Gasteiger partial charge in [-0.25, -0.2) is 4.98 Å². The van der Waals surface area contributed by atoms with Crippen molar-refractivity contribution in [3.8, 4) is 22.8 Å². The molecule has 0 aliphatic carbocycles. The van der Waals surface area contributed by atoms with Crippen LogP contribution in [0.15, 0.2) is 30.3 Å². The van der Waals surface area contributed by atoms with Gasteiger partial charge >= 0.3 is 0 Å². The Labute approximate surface area is 174 Å². The van der Waals surface area contributed by atoms with Crippen molar-refractivity contribution >= 4 is 37.2 Å². The van der Waals surface area contributed by atoms with Crippen LogP contribution in [0.3, 0.4) is 0 Å². The van der Waals surface area contributed by atoms with Crippen LogP contribution in [-0.2, 0) is 13.1 Å². The normalized spacial score (nSPS) is 9.96. The van der Waals surface area contributed by atoms with Crippen molar-refractivity contribution in [2.24, 2.45) is 0 Å². The molecule has 1 N–H and O–H groups in total. The first-order chi connectivity index (χ1) is 10.9. The number of aromatic nitrogens is 1. The predicted octanol–water partition coefficient (Wildman–Crippen LogP) is 3.85. The van der Waals surface area contributed by atoms with E-state index in [4.69, 9.17) is 4.74 Å². The van der Waals surface area contributed by atoms with Gasteiger partial charge in [0.15, 0.2) is 0 Å². The molecule has 1 aromatic heterocycles. The number of ether oxygens (including phenoxy) is 1. The maximum atomic E-state index is 10.6. The number of hydrogen-bond donors (Lipinski definition) is 1. The number of rotatable bonds is 6. The number of aromatic hydroxyl groups is 1. The minimum Gasteiger partial charge on any atom is -0.505 e. The summed E-state index contributed by atoms with van der Waals surface area (Å²) in [7, 11) is 9.62. The highest BCUT2D eigenvalue weighted by molar-refractivity contribution is 5.86. The van der Waals surface area contributed by atoms with Gasteiger partial charge in [-0.3, -0.25) is 0 Å². The van der Waals surface area contributed by atoms with E-state index in [0.29, 0.717) is 12.2 Å². The molecular formula is C18H28Cl3N3O2. The molecule has 0 bridgehead atoms. The van der Waals surface area contributed by atoms with Crippen LogP contribution < -0.4 is 4.74 Å². The fraction of sp³-hybridized carbons (Fsp3) is 0.389. The molecule has 0 saturated heterocycles. The molecule has 0 spiro atoms. The number of pyridine rings is 1. The SMILES string of the molecule is COc1ccc(-c2nc(CN(C)C)cc(CN(C)C)c2O)cc1.Cl.Cl.Cl. The van der Waals surface area contributed by atoms with Crippen molar-refractivity contribution in [2.75, 3.05) is 35.3 Å². The predicted molar refractivity (Wildman–Crippen MR) is 114 cm³/mol. The van der Waals surface area contributed by atoms with E-state index in [9.17, 15) is 5.11 Å². The second-order valence-corrected chi connectivity index (χ2v) is 6.17. The zero-order chi connectivity index (χ0) is 17.0. The Morgan fingerprint density at radius 3 is 1.92 bits per heavy atom. The molecule has 148 valence electrons. The molecule has 0 amide bonds. The summed E-state index contributed by atoms with van der Waals surface area (Å²) in [6.07, 6.45) is 0. The maximum absolute atomic E-state index is 10.6. The average Bonchev–Trinajstić information content (AvgIpc) is 2.49. The van der Waals surface area contributed by atoms with Gasteiger partial charge in [-0.1, -0.05) is 0 Å². The molecule has 2 rings (SSSR count). The molecule has 0 aliphatic heterocycles. The number of hydrogen-bond acceptors (Lipinski definition) is 5. The summed E-state index contributed by atoms with van der Waals surface area (Å²) >= 11 is 0. The Bertz CT molecular complexity index is 665. The molecule has 0 fully saturated rings. The number of benzene rings is 1. The zero-order valence-corrected chi connectivity index (χ0v) is 18.2. The van der Waals surface area contributed by atoms with Crippen molar-refractivity contribution in [3.05, 3.63) is 41.6 Å². The number of halogens is 3. The van der Waals surface area contributed by atoms with E-state index in [1.807, 2.05) is 63.4 Å². The molecule has 2 aromatic rings. The summed E-state index contributed by atoms with van der Waals surface area (Å²) in [5.74, 6) is 1.03. The second-order valence-electron chi connectivity index (χ2n) is 6.17. The second kappa shape index (κ2) is 12.2. The first-order valence-corrected chi connectivity index (χ1v) is 7.56. The van der Waals surface area contributed by atoms with E-state index in [-0.39, 0.29) is 43.0 Å². The summed E-state index contributed by atoms with van der Waals surface area (Å²) in [5.41, 5.74) is 3.32. The fourth-order valence-corrected chi connectivity index (χ4v) is 2.47. The lowest BCUT2D eigenvalue weighted by Gasteiger charge is -2.17. The molecule has 0 saturated carbocycles. The minimum absolute atomic E-state index is 0. The highest BCUT2D eigenvalue weighted by atomic mass is 35.5. The molecule has 26 heavy (non-hydrogen) atoms. The van der Waals surface area contributed by atoms with Gasteiger partial charge in [0.05, 0.1) is 12.8 Å². The van der Waals surface area contributed by atoms with E-state index in [1.165, 1.54) is 0 Å². The molecule has 0 unspecified atom stereocenters. The quantitative estimate of drug-likeness (QED) is 0.763. The molecule has 1 aromatic carbocycles. The summed E-state index contributed by atoms with van der Waals surface area (Å²) < 4.78 is 5.19. The van der Waals surface area contributed by atoms with Gasteiger partial charge in [-0.15, -0.1) is 37.2 Å². The van der Waals surface area contributed by atoms with Crippen LogP contribution in [0.5, 0.6) is 11.5 Å². The van der Waals surface area contributed by atoms with Crippen molar-refractivity contribution in [3.63, 3.8) is 0 Å². The third kappa shape index (κ3) is 7.17. The topological polar surface area (TPSA) is 48.8 Å². The maximum Gasteiger partial charge on any atom is 0.146 e. The van der Waals surface area contributed by atoms with Gasteiger partial charge in [0, 0.05) is 24.2 Å². The molecule has 0 radical (unpaired) electrons. The molecule has 5 nitrogen and oxygen atoms in total. The lowest BCUT2D eigenvalue weighted by molar-refractivity contribution is 0.379. The fourth-order valence-electron chi connectivity index (χ4n) is 2.47. The van der Waals surface area contributed by atoms with Gasteiger partial charge in [0.2, 0.25) is 0 Å². The molecule has 1 heterocycles. The van der Waals surface area contributed by atoms with Gasteiger partial charge < -0.3 is 19.6 Å². The van der Waals surface area contributed by atoms with Crippen LogP contribution >= 0.6 is 37.2 Å². The van der Waals surface area contributed by atoms with Crippen LogP contribution in [0, 0.1) is 0 Å². The number of nitrogens with zero attached hydrogens (tertiary/aromatic N) is 3. The Kier molecular flexibility index (Phi) is 12.7. The smallest absolute Gasteiger partial charge is 0.146 e. The van der Waals surface area contributed by atoms with E-state index in [0.717, 1.165) is 29.1 Å². The van der Waals surface area contributed by atoms with Crippen LogP contribution in [0.2, 0.25) is 0 Å². The van der Waals surface area contributed by atoms with Gasteiger partial charge in [-0.05, 0) is 58.5 Å². The Morgan fingerprint density at radius 2 is 1.46 bits per heavy atom. The first-order valence-electron chi connectivity index (χ1n) is 7.56. The monoisotopic (exact) mass is 423 g/mol. The molecule has 8 heteroatoms.